The Morgan fingerprint density at radius 3 is 2.18 bits per heavy atom. The molecule has 1 nitrogen and oxygen atoms in total. The fourth-order valence-electron chi connectivity index (χ4n) is 2.03. The molecule has 22 heavy (non-hydrogen) atoms. The van der Waals surface area contributed by atoms with Gasteiger partial charge in [-0.2, -0.15) is 0 Å². The van der Waals surface area contributed by atoms with Crippen LogP contribution in [0.4, 0.5) is 0 Å². The minimum Gasteiger partial charge on any atom is -0.488 e. The average Bonchev–Trinajstić information content (AvgIpc) is 2.58. The van der Waals surface area contributed by atoms with Crippen molar-refractivity contribution in [2.24, 2.45) is 0 Å². The van der Waals surface area contributed by atoms with E-state index in [4.69, 9.17) is 4.74 Å². The van der Waals surface area contributed by atoms with Crippen LogP contribution in [-0.2, 0) is 6.61 Å². The number of hydrogen-bond donors (Lipinski definition) is 0. The van der Waals surface area contributed by atoms with Crippen molar-refractivity contribution in [1.82, 2.24) is 0 Å². The lowest BCUT2D eigenvalue weighted by Crippen LogP contribution is -1.97. The molecular weight excluding hydrogens is 403 g/mol. The Labute approximate surface area is 148 Å². The van der Waals surface area contributed by atoms with Crippen LogP contribution in [0.15, 0.2) is 88.7 Å². The van der Waals surface area contributed by atoms with Crippen LogP contribution in [-0.4, -0.2) is 0 Å². The van der Waals surface area contributed by atoms with Gasteiger partial charge in [-0.25, -0.2) is 0 Å². The first-order chi connectivity index (χ1) is 10.8. The van der Waals surface area contributed by atoms with Crippen LogP contribution in [0.3, 0.4) is 0 Å². The predicted octanol–water partition coefficient (Wildman–Crippen LogP) is 6.02. The number of rotatable bonds is 5. The summed E-state index contributed by atoms with van der Waals surface area (Å²) in [5, 5.41) is 0. The van der Waals surface area contributed by atoms with Crippen LogP contribution in [0.5, 0.6) is 5.75 Å². The van der Waals surface area contributed by atoms with Gasteiger partial charge in [0.25, 0.3) is 0 Å². The highest BCUT2D eigenvalue weighted by Gasteiger charge is 2.08. The molecule has 3 heteroatoms. The molecule has 3 rings (SSSR count). The van der Waals surface area contributed by atoms with Gasteiger partial charge in [0.2, 0.25) is 0 Å². The molecule has 0 spiro atoms. The van der Waals surface area contributed by atoms with Gasteiger partial charge in [-0.05, 0) is 52.4 Å². The molecule has 3 aromatic carbocycles. The quantitative estimate of drug-likeness (QED) is 0.469. The molecule has 0 heterocycles. The Morgan fingerprint density at radius 1 is 0.773 bits per heavy atom. The Hall–Kier alpha value is -1.46. The number of ether oxygens (including phenoxy) is 1. The van der Waals surface area contributed by atoms with Gasteiger partial charge in [0.1, 0.15) is 12.4 Å². The lowest BCUT2D eigenvalue weighted by molar-refractivity contribution is 0.303. The largest absolute Gasteiger partial charge is 0.488 e. The third-order valence-electron chi connectivity index (χ3n) is 3.14. The standard InChI is InChI=1S/C19H15IOS/c20-19-17(21-14-15-8-3-1-4-9-15)12-7-13-18(19)22-16-10-5-2-6-11-16/h1-13H,14H2. The smallest absolute Gasteiger partial charge is 0.134 e. The second-order valence-electron chi connectivity index (χ2n) is 4.76. The van der Waals surface area contributed by atoms with Gasteiger partial charge < -0.3 is 4.74 Å². The number of benzene rings is 3. The Balaban J connectivity index is 1.74. The third kappa shape index (κ3) is 4.05. The highest BCUT2D eigenvalue weighted by molar-refractivity contribution is 14.1. The zero-order valence-electron chi connectivity index (χ0n) is 11.9. The number of hydrogen-bond acceptors (Lipinski definition) is 2. The second kappa shape index (κ2) is 7.70. The molecule has 0 aliphatic carbocycles. The lowest BCUT2D eigenvalue weighted by atomic mass is 10.2. The minimum atomic E-state index is 0.594. The minimum absolute atomic E-state index is 0.594. The molecule has 0 amide bonds. The molecular formula is C19H15IOS. The molecule has 0 bridgehead atoms. The highest BCUT2D eigenvalue weighted by atomic mass is 127. The monoisotopic (exact) mass is 418 g/mol. The Bertz CT molecular complexity index is 729. The maximum Gasteiger partial charge on any atom is 0.134 e. The summed E-state index contributed by atoms with van der Waals surface area (Å²) < 4.78 is 7.14. The zero-order chi connectivity index (χ0) is 15.2. The van der Waals surface area contributed by atoms with Gasteiger partial charge in [-0.15, -0.1) is 0 Å². The van der Waals surface area contributed by atoms with Crippen molar-refractivity contribution in [3.63, 3.8) is 0 Å². The predicted molar refractivity (Wildman–Crippen MR) is 100 cm³/mol. The average molecular weight is 418 g/mol. The lowest BCUT2D eigenvalue weighted by Gasteiger charge is -2.11. The zero-order valence-corrected chi connectivity index (χ0v) is 14.9. The maximum atomic E-state index is 5.98. The number of halogens is 1. The van der Waals surface area contributed by atoms with Crippen molar-refractivity contribution in [2.45, 2.75) is 16.4 Å². The molecule has 0 aromatic heterocycles. The van der Waals surface area contributed by atoms with E-state index in [-0.39, 0.29) is 0 Å². The summed E-state index contributed by atoms with van der Waals surface area (Å²) in [5.41, 5.74) is 1.18. The van der Waals surface area contributed by atoms with Crippen molar-refractivity contribution in [2.75, 3.05) is 0 Å². The summed E-state index contributed by atoms with van der Waals surface area (Å²) in [6, 6.07) is 26.9. The van der Waals surface area contributed by atoms with Gasteiger partial charge in [-0.1, -0.05) is 66.4 Å². The van der Waals surface area contributed by atoms with Gasteiger partial charge in [0.15, 0.2) is 0 Å². The summed E-state index contributed by atoms with van der Waals surface area (Å²) in [6.45, 7) is 0.594. The SMILES string of the molecule is Ic1c(OCc2ccccc2)cccc1Sc1ccccc1. The topological polar surface area (TPSA) is 9.23 Å². The van der Waals surface area contributed by atoms with Crippen molar-refractivity contribution < 1.29 is 4.74 Å². The molecule has 0 saturated heterocycles. The van der Waals surface area contributed by atoms with Crippen molar-refractivity contribution >= 4 is 34.4 Å². The maximum absolute atomic E-state index is 5.98. The fraction of sp³-hybridized carbons (Fsp3) is 0.0526. The van der Waals surface area contributed by atoms with E-state index in [9.17, 15) is 0 Å². The molecule has 3 aromatic rings. The Kier molecular flexibility index (Phi) is 5.40. The van der Waals surface area contributed by atoms with Crippen LogP contribution >= 0.6 is 34.4 Å². The van der Waals surface area contributed by atoms with Crippen molar-refractivity contribution in [3.8, 4) is 5.75 Å². The van der Waals surface area contributed by atoms with Gasteiger partial charge >= 0.3 is 0 Å². The molecule has 0 aliphatic heterocycles. The fourth-order valence-corrected chi connectivity index (χ4v) is 3.76. The van der Waals surface area contributed by atoms with E-state index in [2.05, 4.69) is 65.1 Å². The van der Waals surface area contributed by atoms with Crippen molar-refractivity contribution in [1.29, 1.82) is 0 Å². The van der Waals surface area contributed by atoms with E-state index in [1.54, 1.807) is 11.8 Å². The van der Waals surface area contributed by atoms with Gasteiger partial charge in [-0.3, -0.25) is 0 Å². The second-order valence-corrected chi connectivity index (χ2v) is 6.95. The molecule has 0 saturated carbocycles. The molecule has 110 valence electrons. The van der Waals surface area contributed by atoms with E-state index in [1.165, 1.54) is 15.4 Å². The van der Waals surface area contributed by atoms with Crippen LogP contribution in [0.25, 0.3) is 0 Å². The van der Waals surface area contributed by atoms with E-state index in [0.29, 0.717) is 6.61 Å². The van der Waals surface area contributed by atoms with Crippen LogP contribution < -0.4 is 4.74 Å². The Morgan fingerprint density at radius 2 is 1.45 bits per heavy atom. The van der Waals surface area contributed by atoms with Gasteiger partial charge in [0.05, 0.1) is 3.57 Å². The molecule has 0 radical (unpaired) electrons. The molecule has 0 N–H and O–H groups in total. The first-order valence-corrected chi connectivity index (χ1v) is 8.90. The first kappa shape index (κ1) is 15.4. The van der Waals surface area contributed by atoms with E-state index < -0.39 is 0 Å². The van der Waals surface area contributed by atoms with Crippen LogP contribution in [0, 0.1) is 3.57 Å². The summed E-state index contributed by atoms with van der Waals surface area (Å²) in [5.74, 6) is 0.936. The summed E-state index contributed by atoms with van der Waals surface area (Å²) in [4.78, 5) is 2.46. The first-order valence-electron chi connectivity index (χ1n) is 7.01. The molecule has 0 unspecified atom stereocenters. The van der Waals surface area contributed by atoms with Crippen LogP contribution in [0.1, 0.15) is 5.56 Å². The van der Waals surface area contributed by atoms with Crippen LogP contribution in [0.2, 0.25) is 0 Å². The summed E-state index contributed by atoms with van der Waals surface area (Å²) in [6.07, 6.45) is 0. The van der Waals surface area contributed by atoms with Crippen molar-refractivity contribution in [3.05, 3.63) is 88.0 Å². The van der Waals surface area contributed by atoms with E-state index in [1.807, 2.05) is 36.4 Å². The molecule has 0 aliphatic rings. The summed E-state index contributed by atoms with van der Waals surface area (Å²) in [7, 11) is 0. The van der Waals surface area contributed by atoms with Gasteiger partial charge in [0, 0.05) is 9.79 Å². The highest BCUT2D eigenvalue weighted by Crippen LogP contribution is 2.35. The van der Waals surface area contributed by atoms with E-state index >= 15 is 0 Å². The normalized spacial score (nSPS) is 10.4. The molecule has 0 atom stereocenters. The van der Waals surface area contributed by atoms with E-state index in [0.717, 1.165) is 9.32 Å². The third-order valence-corrected chi connectivity index (χ3v) is 5.68. The summed E-state index contributed by atoms with van der Waals surface area (Å²) >= 11 is 4.13. The molecule has 0 fully saturated rings.